The van der Waals surface area contributed by atoms with Crippen molar-refractivity contribution in [1.29, 1.82) is 0 Å². The lowest BCUT2D eigenvalue weighted by molar-refractivity contribution is 0.276. The highest BCUT2D eigenvalue weighted by atomic mass is 19.1. The van der Waals surface area contributed by atoms with Crippen LogP contribution < -0.4 is 15.0 Å². The second-order valence-corrected chi connectivity index (χ2v) is 6.33. The van der Waals surface area contributed by atoms with Gasteiger partial charge in [-0.05, 0) is 43.2 Å². The van der Waals surface area contributed by atoms with Crippen molar-refractivity contribution in [3.63, 3.8) is 0 Å². The van der Waals surface area contributed by atoms with E-state index in [-0.39, 0.29) is 0 Å². The largest absolute Gasteiger partial charge is 0.497 e. The number of piperidine rings is 1. The molecule has 1 aliphatic rings. The number of benzene rings is 1. The Morgan fingerprint density at radius 2 is 1.96 bits per heavy atom. The zero-order chi connectivity index (χ0) is 18.6. The highest BCUT2D eigenvalue weighted by molar-refractivity contribution is 5.64. The molecule has 8 heteroatoms. The van der Waals surface area contributed by atoms with Crippen LogP contribution in [0.4, 0.5) is 22.0 Å². The summed E-state index contributed by atoms with van der Waals surface area (Å²) >= 11 is 0. The van der Waals surface area contributed by atoms with Gasteiger partial charge in [0.05, 0.1) is 7.11 Å². The number of ether oxygens (including phenoxy) is 1. The molecule has 4 rings (SSSR count). The maximum atomic E-state index is 13.3. The van der Waals surface area contributed by atoms with Crippen LogP contribution in [-0.2, 0) is 0 Å². The first kappa shape index (κ1) is 17.3. The van der Waals surface area contributed by atoms with Gasteiger partial charge in [-0.15, -0.1) is 0 Å². The van der Waals surface area contributed by atoms with Crippen LogP contribution in [0.25, 0.3) is 11.3 Å². The van der Waals surface area contributed by atoms with Gasteiger partial charge in [0.1, 0.15) is 23.4 Å². The third-order valence-corrected chi connectivity index (χ3v) is 4.50. The van der Waals surface area contributed by atoms with Gasteiger partial charge in [-0.25, -0.2) is 9.37 Å². The van der Waals surface area contributed by atoms with Gasteiger partial charge >= 0.3 is 0 Å². The summed E-state index contributed by atoms with van der Waals surface area (Å²) in [6.07, 6.45) is 1.96. The summed E-state index contributed by atoms with van der Waals surface area (Å²) in [6.45, 7) is 1.24. The fourth-order valence-corrected chi connectivity index (χ4v) is 2.98. The highest BCUT2D eigenvalue weighted by Gasteiger charge is 2.20. The molecule has 1 N–H and O–H groups in total. The number of nitrogens with one attached hydrogen (secondary N) is 1. The standard InChI is InChI=1S/C19H20FN5O2/c1-26-15-4-2-13(3-5-15)16-12-18(27-24-16)22-17-6-9-21-19(23-17)25-10-7-14(20)8-11-25/h2-6,9,12,14H,7-8,10-11H2,1H3,(H,21,22,23). The molecular formula is C19H20FN5O2. The van der Waals surface area contributed by atoms with E-state index in [4.69, 9.17) is 9.26 Å². The molecule has 0 bridgehead atoms. The Kier molecular flexibility index (Phi) is 4.86. The fraction of sp³-hybridized carbons (Fsp3) is 0.316. The second kappa shape index (κ2) is 7.61. The molecule has 0 saturated carbocycles. The lowest BCUT2D eigenvalue weighted by Crippen LogP contribution is -2.35. The van der Waals surface area contributed by atoms with Crippen LogP contribution in [0.2, 0.25) is 0 Å². The quantitative estimate of drug-likeness (QED) is 0.732. The summed E-state index contributed by atoms with van der Waals surface area (Å²) in [5.41, 5.74) is 1.63. The van der Waals surface area contributed by atoms with E-state index in [1.165, 1.54) is 0 Å². The monoisotopic (exact) mass is 369 g/mol. The molecule has 0 radical (unpaired) electrons. The molecule has 1 aliphatic heterocycles. The van der Waals surface area contributed by atoms with Gasteiger partial charge in [0.25, 0.3) is 0 Å². The van der Waals surface area contributed by atoms with Gasteiger partial charge < -0.3 is 19.5 Å². The van der Waals surface area contributed by atoms with Crippen molar-refractivity contribution in [2.24, 2.45) is 0 Å². The first-order chi connectivity index (χ1) is 13.2. The summed E-state index contributed by atoms with van der Waals surface area (Å²) in [5, 5.41) is 7.18. The number of rotatable bonds is 5. The summed E-state index contributed by atoms with van der Waals surface area (Å²) < 4.78 is 23.8. The Morgan fingerprint density at radius 3 is 2.70 bits per heavy atom. The van der Waals surface area contributed by atoms with Crippen LogP contribution in [0, 0.1) is 0 Å². The molecule has 0 aliphatic carbocycles. The highest BCUT2D eigenvalue weighted by Crippen LogP contribution is 2.26. The van der Waals surface area contributed by atoms with E-state index in [1.54, 1.807) is 25.4 Å². The van der Waals surface area contributed by atoms with E-state index in [0.717, 1.165) is 11.3 Å². The van der Waals surface area contributed by atoms with Crippen molar-refractivity contribution in [2.75, 3.05) is 30.4 Å². The maximum Gasteiger partial charge on any atom is 0.230 e. The minimum atomic E-state index is -0.729. The second-order valence-electron chi connectivity index (χ2n) is 6.33. The molecule has 3 aromatic rings. The Bertz CT molecular complexity index is 891. The van der Waals surface area contributed by atoms with Crippen LogP contribution >= 0.6 is 0 Å². The van der Waals surface area contributed by atoms with Crippen LogP contribution in [0.15, 0.2) is 47.1 Å². The van der Waals surface area contributed by atoms with Crippen molar-refractivity contribution in [2.45, 2.75) is 19.0 Å². The summed E-state index contributed by atoms with van der Waals surface area (Å²) in [6, 6.07) is 11.1. The van der Waals surface area contributed by atoms with Gasteiger partial charge in [0.15, 0.2) is 0 Å². The number of hydrogen-bond acceptors (Lipinski definition) is 7. The average Bonchev–Trinajstić information content (AvgIpc) is 3.17. The summed E-state index contributed by atoms with van der Waals surface area (Å²) in [7, 11) is 1.63. The molecule has 140 valence electrons. The zero-order valence-corrected chi connectivity index (χ0v) is 14.9. The molecule has 0 spiro atoms. The molecule has 0 atom stereocenters. The van der Waals surface area contributed by atoms with E-state index in [9.17, 15) is 4.39 Å². The molecule has 1 saturated heterocycles. The van der Waals surface area contributed by atoms with Crippen LogP contribution in [-0.4, -0.2) is 41.5 Å². The van der Waals surface area contributed by atoms with E-state index in [0.29, 0.717) is 49.3 Å². The molecule has 0 unspecified atom stereocenters. The number of halogens is 1. The first-order valence-corrected chi connectivity index (χ1v) is 8.81. The smallest absolute Gasteiger partial charge is 0.230 e. The lowest BCUT2D eigenvalue weighted by Gasteiger charge is -2.28. The van der Waals surface area contributed by atoms with Gasteiger partial charge in [0, 0.05) is 30.9 Å². The maximum absolute atomic E-state index is 13.3. The van der Waals surface area contributed by atoms with Gasteiger partial charge in [-0.2, -0.15) is 4.98 Å². The summed E-state index contributed by atoms with van der Waals surface area (Å²) in [4.78, 5) is 10.8. The predicted octanol–water partition coefficient (Wildman–Crippen LogP) is 3.82. The van der Waals surface area contributed by atoms with Crippen LogP contribution in [0.5, 0.6) is 5.75 Å². The minimum absolute atomic E-state index is 0.480. The molecule has 7 nitrogen and oxygen atoms in total. The number of anilines is 3. The zero-order valence-electron chi connectivity index (χ0n) is 14.9. The van der Waals surface area contributed by atoms with Gasteiger partial charge in [0.2, 0.25) is 11.8 Å². The SMILES string of the molecule is COc1ccc(-c2cc(Nc3ccnc(N4CCC(F)CC4)n3)on2)cc1. The Hall–Kier alpha value is -3.16. The predicted molar refractivity (Wildman–Crippen MR) is 100 cm³/mol. The number of methoxy groups -OCH3 is 1. The minimum Gasteiger partial charge on any atom is -0.497 e. The van der Waals surface area contributed by atoms with Crippen molar-refractivity contribution in [3.8, 4) is 17.0 Å². The summed E-state index contributed by atoms with van der Waals surface area (Å²) in [5.74, 6) is 2.44. The van der Waals surface area contributed by atoms with Gasteiger partial charge in [-0.3, -0.25) is 0 Å². The number of alkyl halides is 1. The molecule has 1 aromatic carbocycles. The molecular weight excluding hydrogens is 349 g/mol. The van der Waals surface area contributed by atoms with Crippen molar-refractivity contribution < 1.29 is 13.7 Å². The Balaban J connectivity index is 1.46. The normalized spacial score (nSPS) is 15.0. The number of hydrogen-bond donors (Lipinski definition) is 1. The van der Waals surface area contributed by atoms with E-state index in [1.807, 2.05) is 29.2 Å². The Labute approximate surface area is 156 Å². The molecule has 3 heterocycles. The molecule has 2 aromatic heterocycles. The molecule has 0 amide bonds. The molecule has 1 fully saturated rings. The third kappa shape index (κ3) is 3.99. The van der Waals surface area contributed by atoms with Crippen LogP contribution in [0.1, 0.15) is 12.8 Å². The Morgan fingerprint density at radius 1 is 1.19 bits per heavy atom. The first-order valence-electron chi connectivity index (χ1n) is 8.81. The number of aromatic nitrogens is 3. The van der Waals surface area contributed by atoms with Crippen LogP contribution in [0.3, 0.4) is 0 Å². The fourth-order valence-electron chi connectivity index (χ4n) is 2.98. The van der Waals surface area contributed by atoms with E-state index < -0.39 is 6.17 Å². The lowest BCUT2D eigenvalue weighted by atomic mass is 10.1. The molecule has 27 heavy (non-hydrogen) atoms. The average molecular weight is 369 g/mol. The van der Waals surface area contributed by atoms with E-state index in [2.05, 4.69) is 20.4 Å². The van der Waals surface area contributed by atoms with E-state index >= 15 is 0 Å². The van der Waals surface area contributed by atoms with Crippen molar-refractivity contribution in [1.82, 2.24) is 15.1 Å². The van der Waals surface area contributed by atoms with Gasteiger partial charge in [-0.1, -0.05) is 5.16 Å². The topological polar surface area (TPSA) is 76.3 Å². The number of nitrogens with zero attached hydrogens (tertiary/aromatic N) is 4. The van der Waals surface area contributed by atoms with Crippen molar-refractivity contribution >= 4 is 17.7 Å². The van der Waals surface area contributed by atoms with Crippen molar-refractivity contribution in [3.05, 3.63) is 42.6 Å². The third-order valence-electron chi connectivity index (χ3n) is 4.50.